The Bertz CT molecular complexity index is 1040. The van der Waals surface area contributed by atoms with Crippen molar-refractivity contribution < 1.29 is 27.4 Å². The first-order chi connectivity index (χ1) is 13.8. The van der Waals surface area contributed by atoms with Gasteiger partial charge in [-0.3, -0.25) is 4.72 Å². The van der Waals surface area contributed by atoms with E-state index in [2.05, 4.69) is 24.7 Å². The second-order valence-corrected chi connectivity index (χ2v) is 6.90. The SMILES string of the molecule is COC(=O)/C(C#N)=C\Nc1ccc(S(=O)(=O)Nc2cc(OC)nc(OC)n2)cc1. The van der Waals surface area contributed by atoms with E-state index >= 15 is 0 Å². The van der Waals surface area contributed by atoms with E-state index in [1.165, 1.54) is 44.6 Å². The highest BCUT2D eigenvalue weighted by molar-refractivity contribution is 7.92. The number of nitrogens with one attached hydrogen (secondary N) is 2. The largest absolute Gasteiger partial charge is 0.481 e. The molecule has 0 spiro atoms. The second kappa shape index (κ2) is 9.38. The molecule has 0 amide bonds. The lowest BCUT2D eigenvalue weighted by Gasteiger charge is -2.10. The van der Waals surface area contributed by atoms with Crippen molar-refractivity contribution >= 4 is 27.5 Å². The lowest BCUT2D eigenvalue weighted by molar-refractivity contribution is -0.135. The highest BCUT2D eigenvalue weighted by atomic mass is 32.2. The van der Waals surface area contributed by atoms with Crippen LogP contribution in [0.2, 0.25) is 0 Å². The number of hydrogen-bond donors (Lipinski definition) is 2. The van der Waals surface area contributed by atoms with Crippen LogP contribution in [0.4, 0.5) is 11.5 Å². The van der Waals surface area contributed by atoms with Crippen molar-refractivity contribution in [3.8, 4) is 18.0 Å². The molecule has 0 saturated heterocycles. The van der Waals surface area contributed by atoms with Gasteiger partial charge in [0.1, 0.15) is 6.07 Å². The van der Waals surface area contributed by atoms with E-state index in [4.69, 9.17) is 14.7 Å². The predicted molar refractivity (Wildman–Crippen MR) is 102 cm³/mol. The third kappa shape index (κ3) is 5.56. The molecule has 2 aromatic rings. The second-order valence-electron chi connectivity index (χ2n) is 5.22. The third-order valence-corrected chi connectivity index (χ3v) is 4.76. The maximum absolute atomic E-state index is 12.6. The molecule has 2 rings (SSSR count). The van der Waals surface area contributed by atoms with E-state index in [1.807, 2.05) is 0 Å². The fourth-order valence-corrected chi connectivity index (χ4v) is 2.97. The van der Waals surface area contributed by atoms with Crippen molar-refractivity contribution in [1.82, 2.24) is 9.97 Å². The average Bonchev–Trinajstić information content (AvgIpc) is 2.73. The van der Waals surface area contributed by atoms with Crippen molar-refractivity contribution in [2.24, 2.45) is 0 Å². The van der Waals surface area contributed by atoms with E-state index in [0.29, 0.717) is 5.69 Å². The number of benzene rings is 1. The third-order valence-electron chi connectivity index (χ3n) is 3.39. The van der Waals surface area contributed by atoms with Crippen LogP contribution in [-0.2, 0) is 19.6 Å². The molecule has 0 saturated carbocycles. The molecule has 2 N–H and O–H groups in total. The van der Waals surface area contributed by atoms with Gasteiger partial charge in [0.05, 0.1) is 26.2 Å². The zero-order chi connectivity index (χ0) is 21.4. The van der Waals surface area contributed by atoms with Gasteiger partial charge in [0, 0.05) is 18.0 Å². The Balaban J connectivity index is 2.19. The summed E-state index contributed by atoms with van der Waals surface area (Å²) < 4.78 is 41.8. The standard InChI is InChI=1S/C17H17N5O6S/c1-26-15-8-14(20-17(21-15)28-3)22-29(24,25)13-6-4-12(5-7-13)19-10-11(9-18)16(23)27-2/h4-8,10,19H,1-3H3,(H,20,21,22)/b11-10-. The number of anilines is 2. The van der Waals surface area contributed by atoms with E-state index in [-0.39, 0.29) is 28.2 Å². The van der Waals surface area contributed by atoms with E-state index < -0.39 is 16.0 Å². The zero-order valence-electron chi connectivity index (χ0n) is 15.7. The first kappa shape index (κ1) is 21.5. The zero-order valence-corrected chi connectivity index (χ0v) is 16.5. The Kier molecular flexibility index (Phi) is 6.94. The fraction of sp³-hybridized carbons (Fsp3) is 0.176. The molecule has 1 aromatic heterocycles. The summed E-state index contributed by atoms with van der Waals surface area (Å²) in [6.45, 7) is 0. The van der Waals surface area contributed by atoms with Gasteiger partial charge in [0.15, 0.2) is 11.4 Å². The number of nitrogens with zero attached hydrogens (tertiary/aromatic N) is 3. The van der Waals surface area contributed by atoms with Gasteiger partial charge in [0.2, 0.25) is 5.88 Å². The first-order valence-corrected chi connectivity index (χ1v) is 9.36. The Morgan fingerprint density at radius 3 is 2.38 bits per heavy atom. The van der Waals surface area contributed by atoms with Crippen LogP contribution in [0.3, 0.4) is 0 Å². The number of rotatable bonds is 8. The summed E-state index contributed by atoms with van der Waals surface area (Å²) in [5.74, 6) is -0.700. The molecular formula is C17H17N5O6S. The average molecular weight is 419 g/mol. The summed E-state index contributed by atoms with van der Waals surface area (Å²) >= 11 is 0. The highest BCUT2D eigenvalue weighted by Crippen LogP contribution is 2.21. The molecule has 0 radical (unpaired) electrons. The summed E-state index contributed by atoms with van der Waals surface area (Å²) in [5.41, 5.74) is 0.212. The van der Waals surface area contributed by atoms with Gasteiger partial charge in [-0.05, 0) is 24.3 Å². The van der Waals surface area contributed by atoms with Gasteiger partial charge in [-0.1, -0.05) is 0 Å². The fourth-order valence-electron chi connectivity index (χ4n) is 1.98. The molecule has 0 unspecified atom stereocenters. The van der Waals surface area contributed by atoms with E-state index in [9.17, 15) is 13.2 Å². The lowest BCUT2D eigenvalue weighted by Crippen LogP contribution is -2.14. The molecule has 1 aromatic carbocycles. The summed E-state index contributed by atoms with van der Waals surface area (Å²) in [6, 6.07) is 8.51. The van der Waals surface area contributed by atoms with Gasteiger partial charge < -0.3 is 19.5 Å². The number of methoxy groups -OCH3 is 3. The molecule has 1 heterocycles. The normalized spacial score (nSPS) is 11.2. The molecule has 0 bridgehead atoms. The molecule has 29 heavy (non-hydrogen) atoms. The smallest absolute Gasteiger partial charge is 0.350 e. The number of aromatic nitrogens is 2. The molecule has 12 heteroatoms. The van der Waals surface area contributed by atoms with Gasteiger partial charge in [-0.25, -0.2) is 13.2 Å². The van der Waals surface area contributed by atoms with Crippen LogP contribution in [-0.4, -0.2) is 45.7 Å². The maximum Gasteiger partial charge on any atom is 0.350 e. The van der Waals surface area contributed by atoms with Crippen LogP contribution in [0.15, 0.2) is 47.0 Å². The number of carbonyl (C=O) groups is 1. The van der Waals surface area contributed by atoms with Crippen molar-refractivity contribution in [3.05, 3.63) is 42.1 Å². The van der Waals surface area contributed by atoms with E-state index in [1.54, 1.807) is 6.07 Å². The number of sulfonamides is 1. The molecular weight excluding hydrogens is 402 g/mol. The molecule has 0 aliphatic rings. The monoisotopic (exact) mass is 419 g/mol. The van der Waals surface area contributed by atoms with Crippen molar-refractivity contribution in [2.75, 3.05) is 31.4 Å². The molecule has 11 nitrogen and oxygen atoms in total. The molecule has 0 aliphatic heterocycles. The molecule has 152 valence electrons. The molecule has 0 aliphatic carbocycles. The minimum absolute atomic E-state index is 0.0319. The van der Waals surface area contributed by atoms with Gasteiger partial charge in [-0.15, -0.1) is 0 Å². The van der Waals surface area contributed by atoms with Gasteiger partial charge in [-0.2, -0.15) is 15.2 Å². The molecule has 0 atom stereocenters. The van der Waals surface area contributed by atoms with Crippen molar-refractivity contribution in [2.45, 2.75) is 4.90 Å². The van der Waals surface area contributed by atoms with Crippen LogP contribution in [0, 0.1) is 11.3 Å². The summed E-state index contributed by atoms with van der Waals surface area (Å²) in [5, 5.41) is 11.6. The topological polar surface area (TPSA) is 153 Å². The van der Waals surface area contributed by atoms with Crippen molar-refractivity contribution in [1.29, 1.82) is 5.26 Å². The predicted octanol–water partition coefficient (Wildman–Crippen LogP) is 1.29. The van der Waals surface area contributed by atoms with Crippen LogP contribution < -0.4 is 19.5 Å². The summed E-state index contributed by atoms with van der Waals surface area (Å²) in [4.78, 5) is 19.1. The Hall–Kier alpha value is -3.85. The number of hydrogen-bond acceptors (Lipinski definition) is 10. The minimum atomic E-state index is -3.95. The minimum Gasteiger partial charge on any atom is -0.481 e. The lowest BCUT2D eigenvalue weighted by atomic mass is 10.3. The first-order valence-electron chi connectivity index (χ1n) is 7.88. The van der Waals surface area contributed by atoms with Gasteiger partial charge in [0.25, 0.3) is 10.0 Å². The van der Waals surface area contributed by atoms with Crippen LogP contribution in [0.5, 0.6) is 11.9 Å². The Morgan fingerprint density at radius 1 is 1.14 bits per heavy atom. The Labute approximate surface area is 167 Å². The highest BCUT2D eigenvalue weighted by Gasteiger charge is 2.17. The number of ether oxygens (including phenoxy) is 3. The number of carbonyl (C=O) groups excluding carboxylic acids is 1. The summed E-state index contributed by atoms with van der Waals surface area (Å²) in [7, 11) is -0.0871. The molecule has 0 fully saturated rings. The van der Waals surface area contributed by atoms with Crippen molar-refractivity contribution in [3.63, 3.8) is 0 Å². The summed E-state index contributed by atoms with van der Waals surface area (Å²) in [6.07, 6.45) is 1.16. The number of esters is 1. The van der Waals surface area contributed by atoms with E-state index in [0.717, 1.165) is 13.3 Å². The van der Waals surface area contributed by atoms with Crippen LogP contribution in [0.25, 0.3) is 0 Å². The Morgan fingerprint density at radius 2 is 1.83 bits per heavy atom. The maximum atomic E-state index is 12.6. The van der Waals surface area contributed by atoms with Crippen LogP contribution in [0.1, 0.15) is 0 Å². The van der Waals surface area contributed by atoms with Crippen LogP contribution >= 0.6 is 0 Å². The number of nitriles is 1. The van der Waals surface area contributed by atoms with Gasteiger partial charge >= 0.3 is 12.0 Å². The quantitative estimate of drug-likeness (QED) is 0.363.